The fraction of sp³-hybridized carbons (Fsp3) is 0.312. The van der Waals surface area contributed by atoms with E-state index in [0.717, 1.165) is 17.1 Å². The van der Waals surface area contributed by atoms with Crippen molar-refractivity contribution in [3.63, 3.8) is 0 Å². The Morgan fingerprint density at radius 1 is 1.05 bits per heavy atom. The molecule has 0 saturated carbocycles. The molecule has 0 amide bonds. The van der Waals surface area contributed by atoms with Gasteiger partial charge in [-0.3, -0.25) is 0 Å². The van der Waals surface area contributed by atoms with Crippen LogP contribution in [-0.4, -0.2) is 32.4 Å². The molecule has 1 aromatic heterocycles. The molecular formula is C16H20N2O3. The second-order valence-electron chi connectivity index (χ2n) is 4.39. The predicted molar refractivity (Wildman–Crippen MR) is 81.9 cm³/mol. The van der Waals surface area contributed by atoms with E-state index in [-0.39, 0.29) is 0 Å². The van der Waals surface area contributed by atoms with Crippen LogP contribution in [0.15, 0.2) is 42.5 Å². The number of rotatable bonds is 8. The monoisotopic (exact) mass is 288 g/mol. The molecule has 1 heterocycles. The summed E-state index contributed by atoms with van der Waals surface area (Å²) in [5.41, 5.74) is 1.90. The van der Waals surface area contributed by atoms with Gasteiger partial charge in [-0.1, -0.05) is 12.1 Å². The SMILES string of the molecule is COCCOc1cccc(NCc2cccc(OC)n2)c1. The number of ether oxygens (including phenoxy) is 3. The third kappa shape index (κ3) is 4.96. The molecule has 0 atom stereocenters. The summed E-state index contributed by atoms with van der Waals surface area (Å²) in [7, 11) is 3.27. The van der Waals surface area contributed by atoms with Crippen LogP contribution in [0.1, 0.15) is 5.69 Å². The normalized spacial score (nSPS) is 10.2. The maximum Gasteiger partial charge on any atom is 0.213 e. The van der Waals surface area contributed by atoms with Crippen molar-refractivity contribution in [1.82, 2.24) is 4.98 Å². The minimum Gasteiger partial charge on any atom is -0.491 e. The Balaban J connectivity index is 1.91. The number of nitrogens with zero attached hydrogens (tertiary/aromatic N) is 1. The molecule has 0 spiro atoms. The smallest absolute Gasteiger partial charge is 0.213 e. The van der Waals surface area contributed by atoms with E-state index in [4.69, 9.17) is 14.2 Å². The highest BCUT2D eigenvalue weighted by Gasteiger charge is 2.00. The maximum absolute atomic E-state index is 5.57. The molecule has 0 aliphatic rings. The summed E-state index contributed by atoms with van der Waals surface area (Å²) in [5.74, 6) is 1.43. The number of nitrogens with one attached hydrogen (secondary N) is 1. The topological polar surface area (TPSA) is 52.6 Å². The average molecular weight is 288 g/mol. The highest BCUT2D eigenvalue weighted by atomic mass is 16.5. The van der Waals surface area contributed by atoms with Gasteiger partial charge in [0.25, 0.3) is 0 Å². The lowest BCUT2D eigenvalue weighted by Gasteiger charge is -2.10. The van der Waals surface area contributed by atoms with Crippen molar-refractivity contribution in [1.29, 1.82) is 0 Å². The first kappa shape index (κ1) is 15.1. The number of pyridine rings is 1. The molecule has 2 rings (SSSR count). The highest BCUT2D eigenvalue weighted by molar-refractivity contribution is 5.48. The molecule has 112 valence electrons. The van der Waals surface area contributed by atoms with E-state index >= 15 is 0 Å². The van der Waals surface area contributed by atoms with Crippen molar-refractivity contribution in [2.75, 3.05) is 32.8 Å². The molecule has 0 aliphatic carbocycles. The molecule has 0 aliphatic heterocycles. The van der Waals surface area contributed by atoms with Gasteiger partial charge in [0, 0.05) is 24.9 Å². The molecule has 0 fully saturated rings. The number of hydrogen-bond acceptors (Lipinski definition) is 5. The standard InChI is InChI=1S/C16H20N2O3/c1-19-9-10-21-15-7-3-5-13(11-15)17-12-14-6-4-8-16(18-14)20-2/h3-8,11,17H,9-10,12H2,1-2H3. The van der Waals surface area contributed by atoms with Crippen LogP contribution in [0.25, 0.3) is 0 Å². The first-order valence-electron chi connectivity index (χ1n) is 6.77. The van der Waals surface area contributed by atoms with Crippen LogP contribution in [0.2, 0.25) is 0 Å². The fourth-order valence-corrected chi connectivity index (χ4v) is 1.80. The highest BCUT2D eigenvalue weighted by Crippen LogP contribution is 2.18. The fourth-order valence-electron chi connectivity index (χ4n) is 1.80. The number of aromatic nitrogens is 1. The van der Waals surface area contributed by atoms with Gasteiger partial charge in [0.1, 0.15) is 12.4 Å². The van der Waals surface area contributed by atoms with Crippen LogP contribution in [0.5, 0.6) is 11.6 Å². The van der Waals surface area contributed by atoms with Gasteiger partial charge < -0.3 is 19.5 Å². The Kier molecular flexibility index (Phi) is 5.84. The number of anilines is 1. The van der Waals surface area contributed by atoms with E-state index in [0.29, 0.717) is 25.6 Å². The van der Waals surface area contributed by atoms with E-state index in [1.165, 1.54) is 0 Å². The van der Waals surface area contributed by atoms with Gasteiger partial charge in [0.2, 0.25) is 5.88 Å². The molecule has 0 saturated heterocycles. The van der Waals surface area contributed by atoms with Gasteiger partial charge in [-0.2, -0.15) is 0 Å². The lowest BCUT2D eigenvalue weighted by atomic mass is 10.3. The summed E-state index contributed by atoms with van der Waals surface area (Å²) in [6.45, 7) is 1.74. The molecule has 1 N–H and O–H groups in total. The van der Waals surface area contributed by atoms with Crippen molar-refractivity contribution in [3.8, 4) is 11.6 Å². The van der Waals surface area contributed by atoms with E-state index < -0.39 is 0 Å². The van der Waals surface area contributed by atoms with Gasteiger partial charge in [-0.15, -0.1) is 0 Å². The lowest BCUT2D eigenvalue weighted by molar-refractivity contribution is 0.146. The van der Waals surface area contributed by atoms with Gasteiger partial charge in [-0.25, -0.2) is 4.98 Å². The summed E-state index contributed by atoms with van der Waals surface area (Å²) >= 11 is 0. The Morgan fingerprint density at radius 3 is 2.71 bits per heavy atom. The minimum absolute atomic E-state index is 0.539. The Hall–Kier alpha value is -2.27. The van der Waals surface area contributed by atoms with Crippen LogP contribution < -0.4 is 14.8 Å². The summed E-state index contributed by atoms with van der Waals surface area (Å²) in [6, 6.07) is 13.5. The van der Waals surface area contributed by atoms with Crippen molar-refractivity contribution in [2.24, 2.45) is 0 Å². The van der Waals surface area contributed by atoms with E-state index in [1.807, 2.05) is 42.5 Å². The first-order chi connectivity index (χ1) is 10.3. The lowest BCUT2D eigenvalue weighted by Crippen LogP contribution is -2.05. The molecule has 0 unspecified atom stereocenters. The number of methoxy groups -OCH3 is 2. The van der Waals surface area contributed by atoms with Gasteiger partial charge in [0.05, 0.1) is 26.0 Å². The van der Waals surface area contributed by atoms with Crippen molar-refractivity contribution < 1.29 is 14.2 Å². The predicted octanol–water partition coefficient (Wildman–Crippen LogP) is 2.73. The summed E-state index contributed by atoms with van der Waals surface area (Å²) in [6.07, 6.45) is 0. The maximum atomic E-state index is 5.57. The largest absolute Gasteiger partial charge is 0.491 e. The zero-order valence-corrected chi connectivity index (χ0v) is 12.3. The molecule has 1 aromatic carbocycles. The Morgan fingerprint density at radius 2 is 1.90 bits per heavy atom. The Labute approximate surface area is 124 Å². The first-order valence-corrected chi connectivity index (χ1v) is 6.77. The van der Waals surface area contributed by atoms with Crippen LogP contribution in [0, 0.1) is 0 Å². The van der Waals surface area contributed by atoms with Crippen LogP contribution in [0.4, 0.5) is 5.69 Å². The molecule has 0 radical (unpaired) electrons. The zero-order valence-electron chi connectivity index (χ0n) is 12.3. The molecule has 5 nitrogen and oxygen atoms in total. The summed E-state index contributed by atoms with van der Waals surface area (Å²) in [5, 5.41) is 3.31. The Bertz CT molecular complexity index is 561. The van der Waals surface area contributed by atoms with Gasteiger partial charge in [0.15, 0.2) is 0 Å². The van der Waals surface area contributed by atoms with E-state index in [2.05, 4.69) is 10.3 Å². The minimum atomic E-state index is 0.539. The molecule has 2 aromatic rings. The van der Waals surface area contributed by atoms with Crippen LogP contribution in [-0.2, 0) is 11.3 Å². The quantitative estimate of drug-likeness (QED) is 0.757. The molecule has 5 heteroatoms. The second-order valence-corrected chi connectivity index (χ2v) is 4.39. The van der Waals surface area contributed by atoms with Crippen molar-refractivity contribution in [3.05, 3.63) is 48.2 Å². The van der Waals surface area contributed by atoms with Gasteiger partial charge >= 0.3 is 0 Å². The average Bonchev–Trinajstić information content (AvgIpc) is 2.54. The van der Waals surface area contributed by atoms with Crippen molar-refractivity contribution in [2.45, 2.75) is 6.54 Å². The number of benzene rings is 1. The van der Waals surface area contributed by atoms with Crippen molar-refractivity contribution >= 4 is 5.69 Å². The third-order valence-corrected chi connectivity index (χ3v) is 2.85. The third-order valence-electron chi connectivity index (χ3n) is 2.85. The molecule has 0 bridgehead atoms. The summed E-state index contributed by atoms with van der Waals surface area (Å²) < 4.78 is 15.6. The molecular weight excluding hydrogens is 268 g/mol. The zero-order chi connectivity index (χ0) is 14.9. The second kappa shape index (κ2) is 8.11. The summed E-state index contributed by atoms with van der Waals surface area (Å²) in [4.78, 5) is 4.36. The number of hydrogen-bond donors (Lipinski definition) is 1. The van der Waals surface area contributed by atoms with Gasteiger partial charge in [-0.05, 0) is 18.2 Å². The van der Waals surface area contributed by atoms with Crippen LogP contribution >= 0.6 is 0 Å². The molecule has 21 heavy (non-hydrogen) atoms. The van der Waals surface area contributed by atoms with Crippen LogP contribution in [0.3, 0.4) is 0 Å². The van der Waals surface area contributed by atoms with E-state index in [9.17, 15) is 0 Å². The van der Waals surface area contributed by atoms with E-state index in [1.54, 1.807) is 14.2 Å².